The first-order valence-corrected chi connectivity index (χ1v) is 4.85. The first-order valence-electron chi connectivity index (χ1n) is 4.85. The van der Waals surface area contributed by atoms with Crippen molar-refractivity contribution in [2.45, 2.75) is 0 Å². The molecule has 0 aliphatic heterocycles. The lowest BCUT2D eigenvalue weighted by atomic mass is 10.1. The van der Waals surface area contributed by atoms with Gasteiger partial charge < -0.3 is 0 Å². The van der Waals surface area contributed by atoms with Crippen molar-refractivity contribution in [3.8, 4) is 11.3 Å². The number of aromatic nitrogens is 2. The van der Waals surface area contributed by atoms with E-state index in [0.717, 1.165) is 0 Å². The highest BCUT2D eigenvalue weighted by atomic mass is 16.6. The molecular formula is C11H9N3O3. The average Bonchev–Trinajstić information content (AvgIpc) is 2.75. The first kappa shape index (κ1) is 11.0. The van der Waals surface area contributed by atoms with Crippen LogP contribution < -0.4 is 0 Å². The minimum Gasteiger partial charge on any atom is -0.298 e. The fourth-order valence-corrected chi connectivity index (χ4v) is 1.55. The summed E-state index contributed by atoms with van der Waals surface area (Å²) in [6, 6.07) is 5.99. The van der Waals surface area contributed by atoms with Gasteiger partial charge in [0.05, 0.1) is 16.2 Å². The summed E-state index contributed by atoms with van der Waals surface area (Å²) in [5.74, 6) is 0. The van der Waals surface area contributed by atoms with Crippen LogP contribution in [0.1, 0.15) is 10.4 Å². The molecule has 17 heavy (non-hydrogen) atoms. The summed E-state index contributed by atoms with van der Waals surface area (Å²) in [6.45, 7) is 0. The maximum atomic E-state index is 10.9. The second kappa shape index (κ2) is 4.17. The fraction of sp³-hybridized carbons (Fsp3) is 0.0909. The van der Waals surface area contributed by atoms with Gasteiger partial charge in [-0.05, 0) is 12.1 Å². The molecule has 0 aliphatic rings. The maximum absolute atomic E-state index is 10.9. The second-order valence-electron chi connectivity index (χ2n) is 3.53. The Morgan fingerprint density at radius 2 is 2.18 bits per heavy atom. The predicted octanol–water partition coefficient (Wildman–Crippen LogP) is 1.81. The van der Waals surface area contributed by atoms with Gasteiger partial charge in [0.15, 0.2) is 0 Å². The lowest BCUT2D eigenvalue weighted by molar-refractivity contribution is -0.384. The van der Waals surface area contributed by atoms with Crippen LogP contribution in [0.4, 0.5) is 5.69 Å². The fourth-order valence-electron chi connectivity index (χ4n) is 1.55. The largest absolute Gasteiger partial charge is 0.298 e. The molecule has 0 aliphatic carbocycles. The van der Waals surface area contributed by atoms with Crippen LogP contribution in [-0.4, -0.2) is 21.0 Å². The molecule has 6 heteroatoms. The molecule has 1 aromatic heterocycles. The zero-order chi connectivity index (χ0) is 12.4. The summed E-state index contributed by atoms with van der Waals surface area (Å²) in [7, 11) is 1.73. The normalized spacial score (nSPS) is 10.2. The van der Waals surface area contributed by atoms with Crippen LogP contribution >= 0.6 is 0 Å². The topological polar surface area (TPSA) is 78.0 Å². The zero-order valence-corrected chi connectivity index (χ0v) is 9.03. The molecule has 1 aromatic carbocycles. The number of benzene rings is 1. The van der Waals surface area contributed by atoms with Crippen LogP contribution in [0.15, 0.2) is 30.5 Å². The van der Waals surface area contributed by atoms with Crippen molar-refractivity contribution >= 4 is 12.0 Å². The van der Waals surface area contributed by atoms with Crippen LogP contribution in [0.25, 0.3) is 11.3 Å². The number of aryl methyl sites for hydroxylation is 1. The third-order valence-electron chi connectivity index (χ3n) is 2.34. The molecule has 0 radical (unpaired) electrons. The number of hydrogen-bond acceptors (Lipinski definition) is 4. The van der Waals surface area contributed by atoms with Crippen LogP contribution in [-0.2, 0) is 7.05 Å². The molecular weight excluding hydrogens is 222 g/mol. The lowest BCUT2D eigenvalue weighted by Crippen LogP contribution is -1.95. The van der Waals surface area contributed by atoms with E-state index in [1.807, 2.05) is 0 Å². The number of aldehydes is 1. The van der Waals surface area contributed by atoms with E-state index in [2.05, 4.69) is 5.10 Å². The SMILES string of the molecule is Cn1ccc(-c2ccc(C=O)cc2[N+](=O)[O-])n1. The Morgan fingerprint density at radius 1 is 1.41 bits per heavy atom. The van der Waals surface area contributed by atoms with Crippen LogP contribution in [0.5, 0.6) is 0 Å². The van der Waals surface area contributed by atoms with Gasteiger partial charge in [-0.1, -0.05) is 6.07 Å². The van der Waals surface area contributed by atoms with Gasteiger partial charge >= 0.3 is 0 Å². The van der Waals surface area contributed by atoms with E-state index in [1.165, 1.54) is 18.2 Å². The van der Waals surface area contributed by atoms with E-state index in [1.54, 1.807) is 24.0 Å². The van der Waals surface area contributed by atoms with Gasteiger partial charge in [-0.15, -0.1) is 0 Å². The van der Waals surface area contributed by atoms with Crippen molar-refractivity contribution in [3.63, 3.8) is 0 Å². The van der Waals surface area contributed by atoms with Crippen LogP contribution in [0, 0.1) is 10.1 Å². The molecule has 0 unspecified atom stereocenters. The van der Waals surface area contributed by atoms with Gasteiger partial charge in [-0.2, -0.15) is 5.10 Å². The smallest absolute Gasteiger partial charge is 0.279 e. The Balaban J connectivity index is 2.61. The number of carbonyl (C=O) groups is 1. The van der Waals surface area contributed by atoms with Gasteiger partial charge in [0.2, 0.25) is 0 Å². The highest BCUT2D eigenvalue weighted by molar-refractivity contribution is 5.81. The molecule has 0 bridgehead atoms. The van der Waals surface area contributed by atoms with E-state index < -0.39 is 4.92 Å². The summed E-state index contributed by atoms with van der Waals surface area (Å²) >= 11 is 0. The second-order valence-corrected chi connectivity index (χ2v) is 3.53. The average molecular weight is 231 g/mol. The molecule has 0 spiro atoms. The molecule has 0 saturated carbocycles. The van der Waals surface area contributed by atoms with Crippen molar-refractivity contribution in [3.05, 3.63) is 46.1 Å². The summed E-state index contributed by atoms with van der Waals surface area (Å²) in [5, 5.41) is 15.0. The van der Waals surface area contributed by atoms with Crippen molar-refractivity contribution in [2.24, 2.45) is 7.05 Å². The maximum Gasteiger partial charge on any atom is 0.279 e. The van der Waals surface area contributed by atoms with Crippen molar-refractivity contribution < 1.29 is 9.72 Å². The molecule has 1 heterocycles. The number of nitrogens with zero attached hydrogens (tertiary/aromatic N) is 3. The predicted molar refractivity (Wildman–Crippen MR) is 60.7 cm³/mol. The highest BCUT2D eigenvalue weighted by Crippen LogP contribution is 2.28. The number of carbonyl (C=O) groups excluding carboxylic acids is 1. The van der Waals surface area contributed by atoms with Gasteiger partial charge in [0, 0.05) is 24.9 Å². The third-order valence-corrected chi connectivity index (χ3v) is 2.34. The summed E-state index contributed by atoms with van der Waals surface area (Å²) < 4.78 is 1.56. The minimum absolute atomic E-state index is 0.117. The molecule has 6 nitrogen and oxygen atoms in total. The van der Waals surface area contributed by atoms with Crippen molar-refractivity contribution in [1.29, 1.82) is 0 Å². The van der Waals surface area contributed by atoms with E-state index in [9.17, 15) is 14.9 Å². The minimum atomic E-state index is -0.517. The molecule has 0 N–H and O–H groups in total. The summed E-state index contributed by atoms with van der Waals surface area (Å²) in [6.07, 6.45) is 2.28. The Morgan fingerprint density at radius 3 is 2.71 bits per heavy atom. The number of hydrogen-bond donors (Lipinski definition) is 0. The molecule has 2 aromatic rings. The van der Waals surface area contributed by atoms with E-state index in [4.69, 9.17) is 0 Å². The van der Waals surface area contributed by atoms with E-state index in [-0.39, 0.29) is 11.3 Å². The quantitative estimate of drug-likeness (QED) is 0.458. The first-order chi connectivity index (χ1) is 8.11. The van der Waals surface area contributed by atoms with Crippen LogP contribution in [0.3, 0.4) is 0 Å². The highest BCUT2D eigenvalue weighted by Gasteiger charge is 2.17. The van der Waals surface area contributed by atoms with Crippen LogP contribution in [0.2, 0.25) is 0 Å². The van der Waals surface area contributed by atoms with Gasteiger partial charge in [-0.3, -0.25) is 19.6 Å². The number of nitro groups is 1. The van der Waals surface area contributed by atoms with E-state index >= 15 is 0 Å². The number of nitro benzene ring substituents is 1. The molecule has 0 saturated heterocycles. The standard InChI is InChI=1S/C11H9N3O3/c1-13-5-4-10(12-13)9-3-2-8(7-15)6-11(9)14(16)17/h2-7H,1H3. The Hall–Kier alpha value is -2.50. The summed E-state index contributed by atoms with van der Waals surface area (Å²) in [5.41, 5.74) is 1.07. The summed E-state index contributed by atoms with van der Waals surface area (Å²) in [4.78, 5) is 21.0. The molecule has 0 amide bonds. The Kier molecular flexibility index (Phi) is 2.70. The number of rotatable bonds is 3. The Bertz CT molecular complexity index is 589. The third kappa shape index (κ3) is 2.05. The molecule has 0 atom stereocenters. The monoisotopic (exact) mass is 231 g/mol. The molecule has 0 fully saturated rings. The van der Waals surface area contributed by atoms with Gasteiger partial charge in [0.25, 0.3) is 5.69 Å². The van der Waals surface area contributed by atoms with E-state index in [0.29, 0.717) is 17.5 Å². The molecule has 2 rings (SSSR count). The van der Waals surface area contributed by atoms with Crippen molar-refractivity contribution in [2.75, 3.05) is 0 Å². The Labute approximate surface area is 96.6 Å². The zero-order valence-electron chi connectivity index (χ0n) is 9.03. The van der Waals surface area contributed by atoms with Crippen molar-refractivity contribution in [1.82, 2.24) is 9.78 Å². The molecule has 86 valence electrons. The lowest BCUT2D eigenvalue weighted by Gasteiger charge is -2.00. The van der Waals surface area contributed by atoms with Gasteiger partial charge in [0.1, 0.15) is 6.29 Å². The van der Waals surface area contributed by atoms with Gasteiger partial charge in [-0.25, -0.2) is 0 Å².